The Balaban J connectivity index is 2.17. The molecule has 2 aromatic rings. The number of halogens is 4. The van der Waals surface area contributed by atoms with Crippen LogP contribution in [0.15, 0.2) is 30.6 Å². The molecule has 0 N–H and O–H groups in total. The predicted molar refractivity (Wildman–Crippen MR) is 61.4 cm³/mol. The van der Waals surface area contributed by atoms with Crippen LogP contribution in [0.1, 0.15) is 23.1 Å². The first kappa shape index (κ1) is 13.1. The van der Waals surface area contributed by atoms with Crippen molar-refractivity contribution >= 4 is 0 Å². The topological polar surface area (TPSA) is 27.1 Å². The van der Waals surface area contributed by atoms with Gasteiger partial charge in [0.1, 0.15) is 17.7 Å². The molecule has 0 saturated carbocycles. The summed E-state index contributed by atoms with van der Waals surface area (Å²) in [6, 6.07) is 2.89. The van der Waals surface area contributed by atoms with Gasteiger partial charge in [-0.3, -0.25) is 0 Å². The number of aromatic nitrogens is 2. The smallest absolute Gasteiger partial charge is 0.364 e. The number of rotatable bonds is 1. The number of ether oxygens (including phenoxy) is 1. The second-order valence-electron chi connectivity index (χ2n) is 4.43. The standard InChI is InChI=1S/C13H10F4N2O/c14-9-3-1-2-8(13(15,16)17)10(9)11-12-18-4-5-19(12)6-7-20-11/h1-5,11H,6-7H2. The van der Waals surface area contributed by atoms with Gasteiger partial charge < -0.3 is 9.30 Å². The van der Waals surface area contributed by atoms with Gasteiger partial charge in [-0.05, 0) is 12.1 Å². The lowest BCUT2D eigenvalue weighted by Crippen LogP contribution is -2.25. The second-order valence-corrected chi connectivity index (χ2v) is 4.43. The van der Waals surface area contributed by atoms with Gasteiger partial charge in [-0.25, -0.2) is 9.37 Å². The highest BCUT2D eigenvalue weighted by Crippen LogP contribution is 2.39. The summed E-state index contributed by atoms with van der Waals surface area (Å²) in [5.41, 5.74) is -1.54. The zero-order chi connectivity index (χ0) is 14.3. The zero-order valence-corrected chi connectivity index (χ0v) is 10.2. The Morgan fingerprint density at radius 3 is 2.85 bits per heavy atom. The number of nitrogens with zero attached hydrogens (tertiary/aromatic N) is 2. The summed E-state index contributed by atoms with van der Waals surface area (Å²) in [5, 5.41) is 0. The number of fused-ring (bicyclic) bond motifs is 1. The molecule has 0 spiro atoms. The summed E-state index contributed by atoms with van der Waals surface area (Å²) >= 11 is 0. The summed E-state index contributed by atoms with van der Waals surface area (Å²) in [5.74, 6) is -0.659. The number of imidazole rings is 1. The zero-order valence-electron chi connectivity index (χ0n) is 10.2. The molecule has 106 valence electrons. The molecule has 2 heterocycles. The first-order valence-corrected chi connectivity index (χ1v) is 5.96. The molecular weight excluding hydrogens is 276 g/mol. The van der Waals surface area contributed by atoms with E-state index in [1.165, 1.54) is 6.20 Å². The average molecular weight is 286 g/mol. The Hall–Kier alpha value is -1.89. The van der Waals surface area contributed by atoms with Crippen LogP contribution in [0.5, 0.6) is 0 Å². The van der Waals surface area contributed by atoms with Crippen molar-refractivity contribution in [2.24, 2.45) is 0 Å². The summed E-state index contributed by atoms with van der Waals surface area (Å²) in [7, 11) is 0. The van der Waals surface area contributed by atoms with E-state index < -0.39 is 29.2 Å². The van der Waals surface area contributed by atoms with Crippen LogP contribution in [0.25, 0.3) is 0 Å². The molecule has 1 aliphatic rings. The summed E-state index contributed by atoms with van der Waals surface area (Å²) in [4.78, 5) is 3.98. The van der Waals surface area contributed by atoms with Crippen LogP contribution in [0.2, 0.25) is 0 Å². The minimum absolute atomic E-state index is 0.208. The third-order valence-electron chi connectivity index (χ3n) is 3.22. The van der Waals surface area contributed by atoms with E-state index in [0.29, 0.717) is 6.54 Å². The summed E-state index contributed by atoms with van der Waals surface area (Å²) in [6.45, 7) is 0.696. The van der Waals surface area contributed by atoms with E-state index in [2.05, 4.69) is 4.98 Å². The van der Waals surface area contributed by atoms with Crippen molar-refractivity contribution in [2.75, 3.05) is 6.61 Å². The quantitative estimate of drug-likeness (QED) is 0.753. The SMILES string of the molecule is Fc1cccc(C(F)(F)F)c1C1OCCn2ccnc21. The van der Waals surface area contributed by atoms with Gasteiger partial charge in [-0.1, -0.05) is 6.07 Å². The van der Waals surface area contributed by atoms with Crippen molar-refractivity contribution in [3.05, 3.63) is 53.4 Å². The van der Waals surface area contributed by atoms with Crippen LogP contribution in [-0.4, -0.2) is 16.2 Å². The lowest BCUT2D eigenvalue weighted by atomic mass is 9.99. The fraction of sp³-hybridized carbons (Fsp3) is 0.308. The van der Waals surface area contributed by atoms with E-state index in [1.807, 2.05) is 0 Å². The Morgan fingerprint density at radius 1 is 1.30 bits per heavy atom. The third kappa shape index (κ3) is 2.07. The third-order valence-corrected chi connectivity index (χ3v) is 3.22. The van der Waals surface area contributed by atoms with Crippen molar-refractivity contribution in [1.29, 1.82) is 0 Å². The van der Waals surface area contributed by atoms with Gasteiger partial charge in [-0.2, -0.15) is 13.2 Å². The van der Waals surface area contributed by atoms with Gasteiger partial charge in [0, 0.05) is 24.5 Å². The molecule has 0 fully saturated rings. The van der Waals surface area contributed by atoms with Crippen molar-refractivity contribution in [1.82, 2.24) is 9.55 Å². The molecule has 7 heteroatoms. The number of hydrogen-bond acceptors (Lipinski definition) is 2. The molecule has 1 aromatic heterocycles. The number of benzene rings is 1. The van der Waals surface area contributed by atoms with Crippen molar-refractivity contribution in [2.45, 2.75) is 18.8 Å². The fourth-order valence-electron chi connectivity index (χ4n) is 2.35. The Bertz CT molecular complexity index is 636. The second kappa shape index (κ2) is 4.59. The van der Waals surface area contributed by atoms with E-state index in [9.17, 15) is 17.6 Å². The number of alkyl halides is 3. The minimum Gasteiger partial charge on any atom is -0.364 e. The molecule has 1 unspecified atom stereocenters. The summed E-state index contributed by atoms with van der Waals surface area (Å²) in [6.07, 6.45) is -2.68. The molecule has 3 nitrogen and oxygen atoms in total. The van der Waals surface area contributed by atoms with E-state index in [-0.39, 0.29) is 12.4 Å². The average Bonchev–Trinajstić information content (AvgIpc) is 2.85. The first-order valence-electron chi connectivity index (χ1n) is 5.96. The maximum Gasteiger partial charge on any atom is 0.416 e. The predicted octanol–water partition coefficient (Wildman–Crippen LogP) is 3.16. The number of hydrogen-bond donors (Lipinski definition) is 0. The maximum atomic E-state index is 13.9. The highest BCUT2D eigenvalue weighted by molar-refractivity contribution is 5.36. The van der Waals surface area contributed by atoms with Crippen LogP contribution in [0.4, 0.5) is 17.6 Å². The molecule has 0 aliphatic carbocycles. The Kier molecular flexibility index (Phi) is 3.01. The highest BCUT2D eigenvalue weighted by atomic mass is 19.4. The molecule has 3 rings (SSSR count). The lowest BCUT2D eigenvalue weighted by molar-refractivity contribution is -0.139. The fourth-order valence-corrected chi connectivity index (χ4v) is 2.35. The normalized spacial score (nSPS) is 18.9. The largest absolute Gasteiger partial charge is 0.416 e. The molecule has 1 atom stereocenters. The minimum atomic E-state index is -4.64. The maximum absolute atomic E-state index is 13.9. The van der Waals surface area contributed by atoms with Crippen molar-refractivity contribution < 1.29 is 22.3 Å². The van der Waals surface area contributed by atoms with E-state index in [0.717, 1.165) is 18.2 Å². The first-order chi connectivity index (χ1) is 9.48. The molecular formula is C13H10F4N2O. The van der Waals surface area contributed by atoms with E-state index in [1.54, 1.807) is 10.8 Å². The van der Waals surface area contributed by atoms with Gasteiger partial charge >= 0.3 is 6.18 Å². The molecule has 0 bridgehead atoms. The highest BCUT2D eigenvalue weighted by Gasteiger charge is 2.39. The molecule has 1 aromatic carbocycles. The van der Waals surface area contributed by atoms with Crippen LogP contribution >= 0.6 is 0 Å². The van der Waals surface area contributed by atoms with Crippen LogP contribution in [0.3, 0.4) is 0 Å². The van der Waals surface area contributed by atoms with Crippen molar-refractivity contribution in [3.8, 4) is 0 Å². The summed E-state index contributed by atoms with van der Waals surface area (Å²) < 4.78 is 60.1. The molecule has 0 amide bonds. The molecule has 20 heavy (non-hydrogen) atoms. The lowest BCUT2D eigenvalue weighted by Gasteiger charge is -2.26. The van der Waals surface area contributed by atoms with Gasteiger partial charge in [0.15, 0.2) is 0 Å². The van der Waals surface area contributed by atoms with E-state index >= 15 is 0 Å². The Labute approximate surface area is 111 Å². The van der Waals surface area contributed by atoms with Crippen LogP contribution in [0, 0.1) is 5.82 Å². The van der Waals surface area contributed by atoms with E-state index in [4.69, 9.17) is 4.74 Å². The molecule has 0 radical (unpaired) electrons. The monoisotopic (exact) mass is 286 g/mol. The Morgan fingerprint density at radius 2 is 2.10 bits per heavy atom. The van der Waals surface area contributed by atoms with Crippen LogP contribution < -0.4 is 0 Å². The molecule has 1 aliphatic heterocycles. The van der Waals surface area contributed by atoms with Gasteiger partial charge in [-0.15, -0.1) is 0 Å². The van der Waals surface area contributed by atoms with Crippen LogP contribution in [-0.2, 0) is 17.5 Å². The molecule has 0 saturated heterocycles. The van der Waals surface area contributed by atoms with Gasteiger partial charge in [0.25, 0.3) is 0 Å². The van der Waals surface area contributed by atoms with Gasteiger partial charge in [0.2, 0.25) is 0 Å². The van der Waals surface area contributed by atoms with Gasteiger partial charge in [0.05, 0.1) is 12.2 Å². The van der Waals surface area contributed by atoms with Crippen molar-refractivity contribution in [3.63, 3.8) is 0 Å².